The molecule has 3 rings (SSSR count). The number of carbonyl (C=O) groups is 2. The van der Waals surface area contributed by atoms with Gasteiger partial charge in [0.25, 0.3) is 0 Å². The summed E-state index contributed by atoms with van der Waals surface area (Å²) in [4.78, 5) is 29.2. The average Bonchev–Trinajstić information content (AvgIpc) is 2.85. The van der Waals surface area contributed by atoms with E-state index in [1.165, 1.54) is 20.1 Å². The van der Waals surface area contributed by atoms with Crippen molar-refractivity contribution in [1.82, 2.24) is 15.6 Å². The number of nitrogens with one attached hydrogen (secondary N) is 2. The third-order valence-electron chi connectivity index (χ3n) is 5.01. The third-order valence-corrected chi connectivity index (χ3v) is 9.62. The number of carbonyl (C=O) groups excluding carboxylic acids is 2. The molecule has 0 atom stereocenters. The van der Waals surface area contributed by atoms with Crippen molar-refractivity contribution >= 4 is 50.7 Å². The van der Waals surface area contributed by atoms with E-state index >= 15 is 0 Å². The minimum absolute atomic E-state index is 0.238. The zero-order chi connectivity index (χ0) is 24.2. The van der Waals surface area contributed by atoms with Crippen LogP contribution in [-0.2, 0) is 0 Å². The Labute approximate surface area is 214 Å². The maximum absolute atomic E-state index is 12.4. The van der Waals surface area contributed by atoms with Gasteiger partial charge in [0.15, 0.2) is 0 Å². The molecular weight excluding hydrogens is 556 g/mol. The molecule has 0 aliphatic rings. The summed E-state index contributed by atoms with van der Waals surface area (Å²) in [6.45, 7) is 5.39. The van der Waals surface area contributed by atoms with Crippen molar-refractivity contribution in [2.45, 2.75) is 37.3 Å². The molecule has 1 heterocycles. The number of nitrogens with zero attached hydrogens (tertiary/aromatic N) is 1. The zero-order valence-electron chi connectivity index (χ0n) is 19.7. The Hall–Kier alpha value is -2.43. The third kappa shape index (κ3) is 9.08. The molecule has 0 saturated carbocycles. The summed E-state index contributed by atoms with van der Waals surface area (Å²) in [7, 11) is 0. The predicted octanol–water partition coefficient (Wildman–Crippen LogP) is 2.83. The molecule has 3 aromatic rings. The molecule has 178 valence electrons. The van der Waals surface area contributed by atoms with Crippen LogP contribution in [-0.4, -0.2) is 59.8 Å². The monoisotopic (exact) mass is 589 g/mol. The molecule has 0 fully saturated rings. The summed E-state index contributed by atoms with van der Waals surface area (Å²) < 4.78 is 2.75. The van der Waals surface area contributed by atoms with Gasteiger partial charge in [-0.1, -0.05) is 0 Å². The van der Waals surface area contributed by atoms with Gasteiger partial charge in [-0.05, 0) is 0 Å². The molecule has 1 aromatic heterocycles. The van der Waals surface area contributed by atoms with Crippen LogP contribution in [0.15, 0.2) is 66.7 Å². The van der Waals surface area contributed by atoms with Crippen LogP contribution in [0, 0.1) is 13.8 Å². The van der Waals surface area contributed by atoms with E-state index < -0.39 is 0 Å². The topological polar surface area (TPSA) is 71.1 Å². The number of amides is 2. The first-order valence-corrected chi connectivity index (χ1v) is 15.6. The minimum atomic E-state index is -0.238. The van der Waals surface area contributed by atoms with Crippen LogP contribution >= 0.6 is 0 Å². The van der Waals surface area contributed by atoms with Crippen LogP contribution in [0.1, 0.15) is 44.9 Å². The van der Waals surface area contributed by atoms with Gasteiger partial charge < -0.3 is 0 Å². The molecule has 0 saturated heterocycles. The van der Waals surface area contributed by atoms with Crippen molar-refractivity contribution in [3.8, 4) is 0 Å². The van der Waals surface area contributed by atoms with Gasteiger partial charge in [0.2, 0.25) is 0 Å². The molecule has 34 heavy (non-hydrogen) atoms. The molecule has 0 aliphatic carbocycles. The van der Waals surface area contributed by atoms with Crippen molar-refractivity contribution in [3.63, 3.8) is 0 Å². The van der Waals surface area contributed by atoms with Crippen LogP contribution in [0.2, 0.25) is 10.6 Å². The Morgan fingerprint density at radius 3 is 1.50 bits per heavy atom. The molecule has 0 radical (unpaired) electrons. The van der Waals surface area contributed by atoms with E-state index in [-0.39, 0.29) is 23.2 Å². The number of pyridine rings is 1. The Bertz CT molecular complexity index is 987. The van der Waals surface area contributed by atoms with Gasteiger partial charge in [0.05, 0.1) is 0 Å². The van der Waals surface area contributed by atoms with E-state index in [1.54, 1.807) is 18.2 Å². The standard InChI is InChI=1S/C27H31N3O2Se2/c1-20-8-12-22(13-9-20)33-18-4-16-28-26(31)24-6-3-7-25(30-24)27(32)29-17-5-19-34-23-14-10-21(2)11-15-23/h3,6-15H,4-5,16-19H2,1-2H3,(H,28,31)(H,29,32). The summed E-state index contributed by atoms with van der Waals surface area (Å²) >= 11 is 0.825. The van der Waals surface area contributed by atoms with E-state index in [0.717, 1.165) is 23.5 Å². The molecule has 0 spiro atoms. The van der Waals surface area contributed by atoms with Crippen molar-refractivity contribution < 1.29 is 9.59 Å². The van der Waals surface area contributed by atoms with Crippen molar-refractivity contribution in [2.24, 2.45) is 0 Å². The molecule has 0 aliphatic heterocycles. The molecule has 0 unspecified atom stereocenters. The summed E-state index contributed by atoms with van der Waals surface area (Å²) in [6.07, 6.45) is 1.84. The zero-order valence-corrected chi connectivity index (χ0v) is 23.1. The second-order valence-electron chi connectivity index (χ2n) is 7.95. The molecule has 7 heteroatoms. The predicted molar refractivity (Wildman–Crippen MR) is 141 cm³/mol. The molecule has 5 nitrogen and oxygen atoms in total. The Morgan fingerprint density at radius 2 is 1.09 bits per heavy atom. The van der Waals surface area contributed by atoms with Gasteiger partial charge in [-0.15, -0.1) is 0 Å². The van der Waals surface area contributed by atoms with Gasteiger partial charge in [-0.3, -0.25) is 0 Å². The van der Waals surface area contributed by atoms with E-state index in [9.17, 15) is 9.59 Å². The summed E-state index contributed by atoms with van der Waals surface area (Å²) in [6, 6.07) is 22.3. The number of benzene rings is 2. The van der Waals surface area contributed by atoms with E-state index in [0.29, 0.717) is 43.0 Å². The van der Waals surface area contributed by atoms with Gasteiger partial charge in [0, 0.05) is 0 Å². The summed E-state index contributed by atoms with van der Waals surface area (Å²) in [5, 5.41) is 7.97. The number of hydrogen-bond donors (Lipinski definition) is 2. The first-order chi connectivity index (χ1) is 16.5. The normalized spacial score (nSPS) is 10.6. The van der Waals surface area contributed by atoms with Gasteiger partial charge in [0.1, 0.15) is 0 Å². The van der Waals surface area contributed by atoms with E-state index in [4.69, 9.17) is 0 Å². The van der Waals surface area contributed by atoms with Crippen LogP contribution in [0.25, 0.3) is 0 Å². The van der Waals surface area contributed by atoms with Crippen molar-refractivity contribution in [3.05, 3.63) is 89.2 Å². The van der Waals surface area contributed by atoms with Crippen molar-refractivity contribution in [2.75, 3.05) is 13.1 Å². The number of aromatic nitrogens is 1. The number of aryl methyl sites for hydroxylation is 2. The summed E-state index contributed by atoms with van der Waals surface area (Å²) in [5.74, 6) is -0.475. The molecule has 2 N–H and O–H groups in total. The number of hydrogen-bond acceptors (Lipinski definition) is 3. The second-order valence-corrected chi connectivity index (χ2v) is 12.9. The Balaban J connectivity index is 1.34. The molecule has 0 bridgehead atoms. The Kier molecular flexibility index (Phi) is 10.8. The fraction of sp³-hybridized carbons (Fsp3) is 0.296. The van der Waals surface area contributed by atoms with Gasteiger partial charge in [-0.2, -0.15) is 0 Å². The quantitative estimate of drug-likeness (QED) is 0.253. The van der Waals surface area contributed by atoms with Gasteiger partial charge >= 0.3 is 216 Å². The molecule has 2 aromatic carbocycles. The maximum atomic E-state index is 12.4. The van der Waals surface area contributed by atoms with E-state index in [2.05, 4.69) is 78.0 Å². The van der Waals surface area contributed by atoms with Crippen LogP contribution in [0.3, 0.4) is 0 Å². The number of rotatable bonds is 12. The van der Waals surface area contributed by atoms with Crippen molar-refractivity contribution in [1.29, 1.82) is 0 Å². The van der Waals surface area contributed by atoms with Gasteiger partial charge in [-0.25, -0.2) is 0 Å². The summed E-state index contributed by atoms with van der Waals surface area (Å²) in [5.41, 5.74) is 3.10. The fourth-order valence-electron chi connectivity index (χ4n) is 3.07. The van der Waals surface area contributed by atoms with E-state index in [1.807, 2.05) is 0 Å². The molecule has 2 amide bonds. The SMILES string of the molecule is Cc1ccc([Se]CCCNC(=O)c2cccc(C(=O)NCCC[Se]c3ccc(C)cc3)n2)cc1. The Morgan fingerprint density at radius 1 is 0.676 bits per heavy atom. The first kappa shape index (κ1) is 26.2. The molecular formula is C27H31N3O2Se2. The van der Waals surface area contributed by atoms with Crippen LogP contribution in [0.5, 0.6) is 0 Å². The van der Waals surface area contributed by atoms with Crippen LogP contribution in [0.4, 0.5) is 0 Å². The first-order valence-electron chi connectivity index (χ1n) is 11.4. The fourth-order valence-corrected chi connectivity index (χ4v) is 6.64. The second kappa shape index (κ2) is 14.1. The van der Waals surface area contributed by atoms with Crippen LogP contribution < -0.4 is 19.6 Å². The average molecular weight is 587 g/mol.